The highest BCUT2D eigenvalue weighted by atomic mass is 16.5. The summed E-state index contributed by atoms with van der Waals surface area (Å²) < 4.78 is 5.14. The number of nitrogens with one attached hydrogen (secondary N) is 1. The second-order valence-corrected chi connectivity index (χ2v) is 6.17. The number of benzene rings is 3. The summed E-state index contributed by atoms with van der Waals surface area (Å²) >= 11 is 0. The third-order valence-corrected chi connectivity index (χ3v) is 4.14. The van der Waals surface area contributed by atoms with Crippen molar-refractivity contribution in [2.45, 2.75) is 13.5 Å². The van der Waals surface area contributed by atoms with E-state index < -0.39 is 5.97 Å². The molecule has 0 aromatic heterocycles. The first kappa shape index (κ1) is 18.3. The van der Waals surface area contributed by atoms with Crippen LogP contribution in [-0.2, 0) is 16.1 Å². The van der Waals surface area contributed by atoms with Crippen LogP contribution in [0.2, 0.25) is 0 Å². The highest BCUT2D eigenvalue weighted by Crippen LogP contribution is 2.16. The number of rotatable bonds is 6. The van der Waals surface area contributed by atoms with Crippen molar-refractivity contribution in [2.75, 3.05) is 6.61 Å². The Morgan fingerprint density at radius 1 is 0.852 bits per heavy atom. The topological polar surface area (TPSA) is 72.5 Å². The van der Waals surface area contributed by atoms with E-state index in [1.807, 2.05) is 30.3 Å². The van der Waals surface area contributed by atoms with Crippen LogP contribution in [0.4, 0.5) is 0 Å². The summed E-state index contributed by atoms with van der Waals surface area (Å²) in [4.78, 5) is 35.3. The van der Waals surface area contributed by atoms with Crippen molar-refractivity contribution in [3.05, 3.63) is 83.4 Å². The van der Waals surface area contributed by atoms with Crippen LogP contribution >= 0.6 is 0 Å². The summed E-state index contributed by atoms with van der Waals surface area (Å²) in [6.45, 7) is 1.52. The van der Waals surface area contributed by atoms with Crippen LogP contribution < -0.4 is 5.32 Å². The summed E-state index contributed by atoms with van der Waals surface area (Å²) in [5.74, 6) is -0.933. The second-order valence-electron chi connectivity index (χ2n) is 6.17. The van der Waals surface area contributed by atoms with E-state index in [4.69, 9.17) is 4.74 Å². The minimum absolute atomic E-state index is 0.120. The van der Waals surface area contributed by atoms with Crippen molar-refractivity contribution in [3.8, 4) is 0 Å². The molecule has 0 saturated carbocycles. The number of ketones is 1. The van der Waals surface area contributed by atoms with Gasteiger partial charge in [-0.05, 0) is 34.5 Å². The predicted molar refractivity (Wildman–Crippen MR) is 103 cm³/mol. The molecule has 3 aromatic carbocycles. The number of carbonyl (C=O) groups is 3. The lowest BCUT2D eigenvalue weighted by Crippen LogP contribution is -2.19. The molecule has 0 heterocycles. The van der Waals surface area contributed by atoms with Gasteiger partial charge in [0.2, 0.25) is 5.91 Å². The van der Waals surface area contributed by atoms with E-state index in [9.17, 15) is 14.4 Å². The monoisotopic (exact) mass is 361 g/mol. The molecule has 0 aliphatic heterocycles. The fourth-order valence-electron chi connectivity index (χ4n) is 2.65. The average molecular weight is 361 g/mol. The molecule has 0 aliphatic carbocycles. The van der Waals surface area contributed by atoms with Gasteiger partial charge in [-0.15, -0.1) is 0 Å². The van der Waals surface area contributed by atoms with E-state index in [-0.39, 0.29) is 18.3 Å². The van der Waals surface area contributed by atoms with Crippen molar-refractivity contribution >= 4 is 28.4 Å². The second kappa shape index (κ2) is 8.27. The maximum atomic E-state index is 12.3. The molecule has 5 heteroatoms. The molecule has 0 bridgehead atoms. The summed E-state index contributed by atoms with van der Waals surface area (Å²) in [7, 11) is 0. The summed E-state index contributed by atoms with van der Waals surface area (Å²) in [5, 5.41) is 4.69. The van der Waals surface area contributed by atoms with Crippen molar-refractivity contribution in [1.29, 1.82) is 0 Å². The first-order chi connectivity index (χ1) is 13.0. The molecule has 0 fully saturated rings. The smallest absolute Gasteiger partial charge is 0.338 e. The molecule has 5 nitrogen and oxygen atoms in total. The molecule has 0 spiro atoms. The number of hydrogen-bond acceptors (Lipinski definition) is 4. The van der Waals surface area contributed by atoms with Gasteiger partial charge in [0.25, 0.3) is 0 Å². The number of amides is 1. The van der Waals surface area contributed by atoms with Crippen molar-refractivity contribution in [3.63, 3.8) is 0 Å². The molecule has 3 rings (SSSR count). The Morgan fingerprint density at radius 3 is 2.22 bits per heavy atom. The number of fused-ring (bicyclic) bond motifs is 1. The Bertz CT molecular complexity index is 993. The van der Waals surface area contributed by atoms with E-state index in [1.54, 1.807) is 36.4 Å². The fraction of sp³-hybridized carbons (Fsp3) is 0.136. The molecule has 136 valence electrons. The van der Waals surface area contributed by atoms with Crippen LogP contribution in [0, 0.1) is 0 Å². The van der Waals surface area contributed by atoms with E-state index in [1.165, 1.54) is 6.92 Å². The summed E-state index contributed by atoms with van der Waals surface area (Å²) in [5.41, 5.74) is 1.73. The van der Waals surface area contributed by atoms with Crippen molar-refractivity contribution in [2.24, 2.45) is 0 Å². The van der Waals surface area contributed by atoms with Crippen LogP contribution in [0.3, 0.4) is 0 Å². The molecule has 0 unspecified atom stereocenters. The lowest BCUT2D eigenvalue weighted by Gasteiger charge is -2.07. The molecule has 27 heavy (non-hydrogen) atoms. The van der Waals surface area contributed by atoms with Crippen molar-refractivity contribution < 1.29 is 19.1 Å². The first-order valence-electron chi connectivity index (χ1n) is 8.55. The standard InChI is InChI=1S/C22H19NO4/c1-15(24)23-13-16-6-8-18(9-7-16)22(26)27-14-21(25)20-11-10-17-4-2-3-5-19(17)12-20/h2-12H,13-14H2,1H3,(H,23,24). The normalized spacial score (nSPS) is 10.4. The molecule has 1 amide bonds. The van der Waals surface area contributed by atoms with Gasteiger partial charge in [0, 0.05) is 19.0 Å². The molecular formula is C22H19NO4. The zero-order chi connectivity index (χ0) is 19.2. The van der Waals surface area contributed by atoms with Crippen LogP contribution in [0.1, 0.15) is 33.2 Å². The Kier molecular flexibility index (Phi) is 5.61. The van der Waals surface area contributed by atoms with Gasteiger partial charge in [0.15, 0.2) is 12.4 Å². The summed E-state index contributed by atoms with van der Waals surface area (Å²) in [6.07, 6.45) is 0. The highest BCUT2D eigenvalue weighted by molar-refractivity contribution is 6.02. The minimum Gasteiger partial charge on any atom is -0.454 e. The maximum Gasteiger partial charge on any atom is 0.338 e. The summed E-state index contributed by atoms with van der Waals surface area (Å²) in [6, 6.07) is 19.8. The Hall–Kier alpha value is -3.47. The van der Waals surface area contributed by atoms with Gasteiger partial charge in [-0.3, -0.25) is 9.59 Å². The first-order valence-corrected chi connectivity index (χ1v) is 8.55. The number of esters is 1. The number of Topliss-reactive ketones (excluding diaryl/α,β-unsaturated/α-hetero) is 1. The Balaban J connectivity index is 1.59. The minimum atomic E-state index is -0.560. The van der Waals surface area contributed by atoms with E-state index >= 15 is 0 Å². The van der Waals surface area contributed by atoms with E-state index in [0.29, 0.717) is 17.7 Å². The molecule has 3 aromatic rings. The molecular weight excluding hydrogens is 342 g/mol. The largest absolute Gasteiger partial charge is 0.454 e. The van der Waals surface area contributed by atoms with Gasteiger partial charge in [0.1, 0.15) is 0 Å². The van der Waals surface area contributed by atoms with Gasteiger partial charge in [-0.25, -0.2) is 4.79 Å². The quantitative estimate of drug-likeness (QED) is 0.539. The lowest BCUT2D eigenvalue weighted by atomic mass is 10.0. The SMILES string of the molecule is CC(=O)NCc1ccc(C(=O)OCC(=O)c2ccc3ccccc3c2)cc1. The van der Waals surface area contributed by atoms with Crippen LogP contribution in [0.15, 0.2) is 66.7 Å². The third-order valence-electron chi connectivity index (χ3n) is 4.14. The molecule has 1 N–H and O–H groups in total. The van der Waals surface area contributed by atoms with Crippen LogP contribution in [0.5, 0.6) is 0 Å². The predicted octanol–water partition coefficient (Wildman–Crippen LogP) is 3.52. The third kappa shape index (κ3) is 4.79. The number of ether oxygens (including phenoxy) is 1. The van der Waals surface area contributed by atoms with E-state index in [0.717, 1.165) is 16.3 Å². The Labute approximate surface area is 157 Å². The zero-order valence-electron chi connectivity index (χ0n) is 14.9. The lowest BCUT2D eigenvalue weighted by molar-refractivity contribution is -0.119. The highest BCUT2D eigenvalue weighted by Gasteiger charge is 2.12. The molecule has 0 atom stereocenters. The zero-order valence-corrected chi connectivity index (χ0v) is 14.9. The van der Waals surface area contributed by atoms with Gasteiger partial charge < -0.3 is 10.1 Å². The molecule has 0 radical (unpaired) electrons. The van der Waals surface area contributed by atoms with Crippen molar-refractivity contribution in [1.82, 2.24) is 5.32 Å². The van der Waals surface area contributed by atoms with Crippen LogP contribution in [0.25, 0.3) is 10.8 Å². The molecule has 0 saturated heterocycles. The van der Waals surface area contributed by atoms with Crippen LogP contribution in [-0.4, -0.2) is 24.3 Å². The Morgan fingerprint density at radius 2 is 1.52 bits per heavy atom. The van der Waals surface area contributed by atoms with Gasteiger partial charge in [-0.2, -0.15) is 0 Å². The fourth-order valence-corrected chi connectivity index (χ4v) is 2.65. The maximum absolute atomic E-state index is 12.3. The van der Waals surface area contributed by atoms with E-state index in [2.05, 4.69) is 5.32 Å². The number of carbonyl (C=O) groups excluding carboxylic acids is 3. The van der Waals surface area contributed by atoms with Gasteiger partial charge in [0.05, 0.1) is 5.56 Å². The average Bonchev–Trinajstić information content (AvgIpc) is 2.70. The van der Waals surface area contributed by atoms with Gasteiger partial charge in [-0.1, -0.05) is 48.5 Å². The molecule has 0 aliphatic rings. The number of hydrogen-bond donors (Lipinski definition) is 1. The van der Waals surface area contributed by atoms with Gasteiger partial charge >= 0.3 is 5.97 Å².